The van der Waals surface area contributed by atoms with E-state index in [1.807, 2.05) is 0 Å². The van der Waals surface area contributed by atoms with Crippen molar-refractivity contribution >= 4 is 29.1 Å². The van der Waals surface area contributed by atoms with Gasteiger partial charge in [-0.05, 0) is 30.3 Å². The number of benzene rings is 3. The van der Waals surface area contributed by atoms with Gasteiger partial charge < -0.3 is 66.9 Å². The van der Waals surface area contributed by atoms with Crippen molar-refractivity contribution in [3.8, 4) is 0 Å². The third kappa shape index (κ3) is 27.2. The molecule has 0 aliphatic rings. The Kier molecular flexibility index (Phi) is 30.9. The molecule has 0 spiro atoms. The van der Waals surface area contributed by atoms with Crippen LogP contribution in [0, 0.1) is 0 Å². The number of rotatable bonds is 41. The number of para-hydroxylation sites is 1. The van der Waals surface area contributed by atoms with Gasteiger partial charge in [0.05, 0.1) is 162 Å². The Labute approximate surface area is 383 Å². The first-order chi connectivity index (χ1) is 32.3. The predicted molar refractivity (Wildman–Crippen MR) is 232 cm³/mol. The molecule has 0 fully saturated rings. The van der Waals surface area contributed by atoms with Crippen molar-refractivity contribution in [2.45, 2.75) is 6.18 Å². The Balaban J connectivity index is 0.955. The molecule has 0 saturated carbocycles. The fourth-order valence-electron chi connectivity index (χ4n) is 5.24. The minimum Gasteiger partial charge on any atom is -0.460 e. The number of esters is 2. The number of anilines is 2. The van der Waals surface area contributed by atoms with Crippen molar-refractivity contribution in [3.05, 3.63) is 95.6 Å². The molecule has 1 N–H and O–H groups in total. The van der Waals surface area contributed by atoms with Crippen LogP contribution in [0.15, 0.2) is 78.9 Å². The van der Waals surface area contributed by atoms with Crippen molar-refractivity contribution in [2.24, 2.45) is 0 Å². The van der Waals surface area contributed by atoms with Crippen LogP contribution in [0.25, 0.3) is 0 Å². The Morgan fingerprint density at radius 3 is 1.18 bits per heavy atom. The third-order valence-electron chi connectivity index (χ3n) is 8.48. The van der Waals surface area contributed by atoms with Gasteiger partial charge in [0.15, 0.2) is 0 Å². The first-order valence-corrected chi connectivity index (χ1v) is 21.6. The van der Waals surface area contributed by atoms with E-state index in [9.17, 15) is 27.6 Å². The van der Waals surface area contributed by atoms with E-state index < -0.39 is 29.5 Å². The summed E-state index contributed by atoms with van der Waals surface area (Å²) in [6.07, 6.45) is -4.49. The van der Waals surface area contributed by atoms with E-state index in [1.54, 1.807) is 48.5 Å². The number of carbonyl (C=O) groups excluding carboxylic acids is 3. The molecule has 0 aromatic heterocycles. The molecule has 0 heterocycles. The SMILES string of the molecule is O=C(OCCOCCOCCOCCOCCOCCOCCOCCOCCOCCOCCOCCOC(=O)c1ccccc1Nc1cccc(C(F)(F)F)c1)C(=O)c1ccccc1. The highest BCUT2D eigenvalue weighted by atomic mass is 19.4. The van der Waals surface area contributed by atoms with Crippen LogP contribution in [0.1, 0.15) is 26.3 Å². The molecule has 0 aliphatic heterocycles. The molecule has 0 amide bonds. The van der Waals surface area contributed by atoms with Crippen LogP contribution in [-0.4, -0.2) is 176 Å². The predicted octanol–water partition coefficient (Wildman–Crippen LogP) is 5.21. The average Bonchev–Trinajstić information content (AvgIpc) is 3.32. The minimum absolute atomic E-state index is 0.0131. The second-order valence-electron chi connectivity index (χ2n) is 13.5. The highest BCUT2D eigenvalue weighted by Crippen LogP contribution is 2.32. The van der Waals surface area contributed by atoms with Gasteiger partial charge in [0.1, 0.15) is 13.2 Å². The average molecular weight is 942 g/mol. The molecular formula is C46H62F3NO16. The van der Waals surface area contributed by atoms with Crippen LogP contribution in [0.3, 0.4) is 0 Å². The zero-order chi connectivity index (χ0) is 47.2. The molecule has 0 radical (unpaired) electrons. The van der Waals surface area contributed by atoms with Gasteiger partial charge in [0.2, 0.25) is 0 Å². The number of halogens is 3. The van der Waals surface area contributed by atoms with Crippen LogP contribution in [0.4, 0.5) is 24.5 Å². The number of alkyl halides is 3. The number of ketones is 1. The summed E-state index contributed by atoms with van der Waals surface area (Å²) in [6.45, 7) is 8.33. The molecule has 3 aromatic rings. The van der Waals surface area contributed by atoms with Crippen LogP contribution in [-0.2, 0) is 72.6 Å². The standard InChI is InChI=1S/C46H62F3NO16/c47-46(48,49)39-9-6-10-40(37-39)50-42-12-5-4-11-41(42)44(52)65-35-33-63-31-29-61-27-25-59-23-21-57-19-17-55-15-13-54-14-16-56-18-20-58-22-24-60-26-28-62-30-32-64-34-36-66-45(53)43(51)38-7-2-1-3-8-38/h1-12,37,50H,13-36H2. The van der Waals surface area contributed by atoms with Crippen molar-refractivity contribution in [1.82, 2.24) is 0 Å². The number of Topliss-reactive ketones (excluding diaryl/α,β-unsaturated/α-hetero) is 1. The lowest BCUT2D eigenvalue weighted by Crippen LogP contribution is -2.20. The number of ether oxygens (including phenoxy) is 13. The smallest absolute Gasteiger partial charge is 0.416 e. The van der Waals surface area contributed by atoms with E-state index in [4.69, 9.17) is 61.6 Å². The highest BCUT2D eigenvalue weighted by molar-refractivity contribution is 6.40. The highest BCUT2D eigenvalue weighted by Gasteiger charge is 2.30. The quantitative estimate of drug-likeness (QED) is 0.0338. The zero-order valence-corrected chi connectivity index (χ0v) is 37.1. The van der Waals surface area contributed by atoms with Gasteiger partial charge in [-0.2, -0.15) is 13.2 Å². The van der Waals surface area contributed by atoms with Crippen LogP contribution < -0.4 is 5.32 Å². The second kappa shape index (κ2) is 36.5. The number of carbonyl (C=O) groups is 3. The first-order valence-electron chi connectivity index (χ1n) is 21.6. The van der Waals surface area contributed by atoms with Crippen molar-refractivity contribution in [2.75, 3.05) is 164 Å². The van der Waals surface area contributed by atoms with Gasteiger partial charge in [-0.3, -0.25) is 4.79 Å². The lowest BCUT2D eigenvalue weighted by molar-refractivity contribution is -0.140. The van der Waals surface area contributed by atoms with E-state index >= 15 is 0 Å². The minimum atomic E-state index is -4.49. The topological polar surface area (TPSA) is 183 Å². The van der Waals surface area contributed by atoms with Crippen molar-refractivity contribution < 1.29 is 89.1 Å². The molecule has 17 nitrogen and oxygen atoms in total. The molecule has 0 atom stereocenters. The van der Waals surface area contributed by atoms with Crippen LogP contribution in [0.2, 0.25) is 0 Å². The molecule has 0 aliphatic carbocycles. The molecule has 20 heteroatoms. The summed E-state index contributed by atoms with van der Waals surface area (Å²) in [6, 6.07) is 19.3. The van der Waals surface area contributed by atoms with Crippen LogP contribution >= 0.6 is 0 Å². The third-order valence-corrected chi connectivity index (χ3v) is 8.48. The summed E-state index contributed by atoms with van der Waals surface area (Å²) in [4.78, 5) is 36.3. The first kappa shape index (κ1) is 55.7. The summed E-state index contributed by atoms with van der Waals surface area (Å²) >= 11 is 0. The maximum atomic E-state index is 13.1. The second-order valence-corrected chi connectivity index (χ2v) is 13.5. The molecular weight excluding hydrogens is 879 g/mol. The molecule has 3 rings (SSSR count). The summed E-state index contributed by atoms with van der Waals surface area (Å²) in [5.74, 6) is -2.24. The molecule has 368 valence electrons. The Morgan fingerprint density at radius 2 is 0.773 bits per heavy atom. The Morgan fingerprint density at radius 1 is 0.409 bits per heavy atom. The molecule has 0 bridgehead atoms. The van der Waals surface area contributed by atoms with Gasteiger partial charge in [0.25, 0.3) is 5.78 Å². The van der Waals surface area contributed by atoms with E-state index in [0.717, 1.165) is 12.1 Å². The van der Waals surface area contributed by atoms with Crippen molar-refractivity contribution in [1.29, 1.82) is 0 Å². The molecule has 0 saturated heterocycles. The number of hydrogen-bond donors (Lipinski definition) is 1. The fraction of sp³-hybridized carbons (Fsp3) is 0.543. The maximum Gasteiger partial charge on any atom is 0.416 e. The van der Waals surface area contributed by atoms with Gasteiger partial charge in [0, 0.05) is 11.3 Å². The lowest BCUT2D eigenvalue weighted by Gasteiger charge is -2.13. The molecule has 0 unspecified atom stereocenters. The molecule has 3 aromatic carbocycles. The van der Waals surface area contributed by atoms with E-state index in [0.29, 0.717) is 131 Å². The zero-order valence-electron chi connectivity index (χ0n) is 37.1. The lowest BCUT2D eigenvalue weighted by atomic mass is 10.1. The normalized spacial score (nSPS) is 11.4. The van der Waals surface area contributed by atoms with E-state index in [2.05, 4.69) is 5.32 Å². The summed E-state index contributed by atoms with van der Waals surface area (Å²) in [5, 5.41) is 2.86. The largest absolute Gasteiger partial charge is 0.460 e. The maximum absolute atomic E-state index is 13.1. The van der Waals surface area contributed by atoms with Crippen LogP contribution in [0.5, 0.6) is 0 Å². The van der Waals surface area contributed by atoms with Crippen molar-refractivity contribution in [3.63, 3.8) is 0 Å². The van der Waals surface area contributed by atoms with Gasteiger partial charge >= 0.3 is 18.1 Å². The number of hydrogen-bond acceptors (Lipinski definition) is 17. The summed E-state index contributed by atoms with van der Waals surface area (Å²) in [5.41, 5.74) is 0.161. The van der Waals surface area contributed by atoms with E-state index in [1.165, 1.54) is 18.2 Å². The fourth-order valence-corrected chi connectivity index (χ4v) is 5.24. The van der Waals surface area contributed by atoms with E-state index in [-0.39, 0.29) is 49.8 Å². The Hall–Kier alpha value is -4.58. The van der Waals surface area contributed by atoms with Gasteiger partial charge in [-0.1, -0.05) is 48.5 Å². The van der Waals surface area contributed by atoms with Gasteiger partial charge in [-0.25, -0.2) is 9.59 Å². The number of nitrogens with one attached hydrogen (secondary N) is 1. The summed E-state index contributed by atoms with van der Waals surface area (Å²) in [7, 11) is 0. The monoisotopic (exact) mass is 941 g/mol. The van der Waals surface area contributed by atoms with Gasteiger partial charge in [-0.15, -0.1) is 0 Å². The summed E-state index contributed by atoms with van der Waals surface area (Å²) < 4.78 is 109. The Bertz CT molecular complexity index is 1720. The molecule has 66 heavy (non-hydrogen) atoms.